The van der Waals surface area contributed by atoms with E-state index >= 15 is 0 Å². The molecule has 1 fully saturated rings. The van der Waals surface area contributed by atoms with Gasteiger partial charge in [-0.3, -0.25) is 14.7 Å². The van der Waals surface area contributed by atoms with E-state index in [1.807, 2.05) is 45.2 Å². The van der Waals surface area contributed by atoms with Crippen molar-refractivity contribution < 1.29 is 18.7 Å². The second-order valence-electron chi connectivity index (χ2n) is 10.6. The van der Waals surface area contributed by atoms with Crippen molar-refractivity contribution in [3.63, 3.8) is 0 Å². The van der Waals surface area contributed by atoms with E-state index in [-0.39, 0.29) is 36.3 Å². The Hall–Kier alpha value is -3.00. The van der Waals surface area contributed by atoms with Gasteiger partial charge < -0.3 is 15.4 Å². The number of carbonyl (C=O) groups excluding carboxylic acids is 2. The fraction of sp³-hybridized carbons (Fsp3) is 0.519. The summed E-state index contributed by atoms with van der Waals surface area (Å²) in [6.45, 7) is 7.12. The molecule has 1 saturated heterocycles. The van der Waals surface area contributed by atoms with Gasteiger partial charge in [0.25, 0.3) is 0 Å². The van der Waals surface area contributed by atoms with E-state index in [1.54, 1.807) is 12.3 Å². The van der Waals surface area contributed by atoms with E-state index in [1.165, 1.54) is 6.07 Å². The van der Waals surface area contributed by atoms with Gasteiger partial charge >= 0.3 is 6.09 Å². The Morgan fingerprint density at radius 3 is 2.77 bits per heavy atom. The van der Waals surface area contributed by atoms with Crippen molar-refractivity contribution in [3.05, 3.63) is 65.2 Å². The maximum absolute atomic E-state index is 13.9. The molecule has 1 aromatic carbocycles. The lowest BCUT2D eigenvalue weighted by Crippen LogP contribution is -2.47. The number of aromatic nitrogens is 1. The molecule has 0 spiro atoms. The smallest absolute Gasteiger partial charge is 0.407 e. The first kappa shape index (κ1) is 25.1. The average Bonchev–Trinajstić information content (AvgIpc) is 3.20. The van der Waals surface area contributed by atoms with E-state index in [0.29, 0.717) is 6.54 Å². The van der Waals surface area contributed by atoms with Crippen molar-refractivity contribution in [1.82, 2.24) is 20.5 Å². The summed E-state index contributed by atoms with van der Waals surface area (Å²) < 4.78 is 19.2. The van der Waals surface area contributed by atoms with Gasteiger partial charge in [-0.15, -0.1) is 0 Å². The molecule has 0 bridgehead atoms. The highest BCUT2D eigenvalue weighted by Gasteiger charge is 2.32. The number of aryl methyl sites for hydroxylation is 1. The molecule has 2 unspecified atom stereocenters. The van der Waals surface area contributed by atoms with Crippen LogP contribution >= 0.6 is 0 Å². The van der Waals surface area contributed by atoms with Gasteiger partial charge in [0.1, 0.15) is 11.4 Å². The molecule has 7 nitrogen and oxygen atoms in total. The summed E-state index contributed by atoms with van der Waals surface area (Å²) in [7, 11) is 0. The van der Waals surface area contributed by atoms with Crippen LogP contribution in [0.2, 0.25) is 0 Å². The summed E-state index contributed by atoms with van der Waals surface area (Å²) in [5.41, 5.74) is 2.65. The van der Waals surface area contributed by atoms with Crippen LogP contribution in [-0.4, -0.2) is 59.2 Å². The second-order valence-corrected chi connectivity index (χ2v) is 10.6. The van der Waals surface area contributed by atoms with Crippen LogP contribution in [0.3, 0.4) is 0 Å². The van der Waals surface area contributed by atoms with Crippen molar-refractivity contribution in [1.29, 1.82) is 0 Å². The molecule has 2 amide bonds. The number of hydrogen-bond donors (Lipinski definition) is 2. The largest absolute Gasteiger partial charge is 0.444 e. The number of alkyl carbamates (subject to hydrolysis) is 1. The van der Waals surface area contributed by atoms with Crippen LogP contribution in [0.15, 0.2) is 42.7 Å². The van der Waals surface area contributed by atoms with E-state index < -0.39 is 11.7 Å². The number of benzene rings is 1. The lowest BCUT2D eigenvalue weighted by molar-refractivity contribution is -0.123. The van der Waals surface area contributed by atoms with Gasteiger partial charge in [0.05, 0.1) is 6.54 Å². The molecule has 0 radical (unpaired) electrons. The van der Waals surface area contributed by atoms with Gasteiger partial charge in [-0.2, -0.15) is 0 Å². The number of halogens is 1. The van der Waals surface area contributed by atoms with Gasteiger partial charge in [0.15, 0.2) is 0 Å². The fourth-order valence-corrected chi connectivity index (χ4v) is 5.10. The predicted molar refractivity (Wildman–Crippen MR) is 132 cm³/mol. The van der Waals surface area contributed by atoms with Crippen LogP contribution in [0, 0.1) is 5.82 Å². The molecule has 35 heavy (non-hydrogen) atoms. The molecule has 2 heterocycles. The van der Waals surface area contributed by atoms with Gasteiger partial charge in [0.2, 0.25) is 5.91 Å². The summed E-state index contributed by atoms with van der Waals surface area (Å²) in [6.07, 6.45) is 6.15. The third-order valence-corrected chi connectivity index (χ3v) is 6.60. The van der Waals surface area contributed by atoms with Gasteiger partial charge in [-0.25, -0.2) is 9.18 Å². The number of nitrogens with zero attached hydrogens (tertiary/aromatic N) is 2. The molecule has 8 heteroatoms. The minimum absolute atomic E-state index is 0.0327. The normalized spacial score (nSPS) is 22.3. The molecule has 188 valence electrons. The minimum Gasteiger partial charge on any atom is -0.444 e. The average molecular weight is 483 g/mol. The maximum Gasteiger partial charge on any atom is 0.407 e. The predicted octanol–water partition coefficient (Wildman–Crippen LogP) is 3.58. The van der Waals surface area contributed by atoms with Crippen LogP contribution in [0.5, 0.6) is 0 Å². The Labute approximate surface area is 206 Å². The van der Waals surface area contributed by atoms with E-state index in [4.69, 9.17) is 4.74 Å². The Balaban J connectivity index is 1.36. The number of nitrogens with one attached hydrogen (secondary N) is 2. The third-order valence-electron chi connectivity index (χ3n) is 6.60. The lowest BCUT2D eigenvalue weighted by Gasteiger charge is -2.35. The van der Waals surface area contributed by atoms with Crippen LogP contribution in [0.25, 0.3) is 0 Å². The maximum atomic E-state index is 13.9. The summed E-state index contributed by atoms with van der Waals surface area (Å²) in [5.74, 6) is -0.211. The van der Waals surface area contributed by atoms with Gasteiger partial charge in [-0.05, 0) is 81.3 Å². The molecule has 2 N–H and O–H groups in total. The van der Waals surface area contributed by atoms with Crippen molar-refractivity contribution in [3.8, 4) is 0 Å². The zero-order valence-electron chi connectivity index (χ0n) is 20.7. The molecule has 1 aliphatic heterocycles. The highest BCUT2D eigenvalue weighted by atomic mass is 19.1. The zero-order valence-corrected chi connectivity index (χ0v) is 20.7. The van der Waals surface area contributed by atoms with Crippen molar-refractivity contribution in [2.75, 3.05) is 19.6 Å². The third kappa shape index (κ3) is 7.01. The first-order valence-electron chi connectivity index (χ1n) is 12.3. The summed E-state index contributed by atoms with van der Waals surface area (Å²) in [5, 5.41) is 6.15. The molecule has 3 atom stereocenters. The first-order valence-corrected chi connectivity index (χ1v) is 12.3. The Morgan fingerprint density at radius 1 is 1.20 bits per heavy atom. The highest BCUT2D eigenvalue weighted by Crippen LogP contribution is 2.35. The van der Waals surface area contributed by atoms with Crippen molar-refractivity contribution >= 4 is 12.0 Å². The van der Waals surface area contributed by atoms with E-state index in [9.17, 15) is 14.0 Å². The molecule has 2 aromatic rings. The second kappa shape index (κ2) is 10.7. The quantitative estimate of drug-likeness (QED) is 0.658. The Kier molecular flexibility index (Phi) is 7.69. The number of rotatable bonds is 6. The van der Waals surface area contributed by atoms with E-state index in [0.717, 1.165) is 48.9 Å². The van der Waals surface area contributed by atoms with Crippen LogP contribution in [0.4, 0.5) is 9.18 Å². The molecule has 1 aromatic heterocycles. The SMILES string of the molecule is CC(C)(C)OC(=O)N[C@H]1CCN(CC(=O)NC2CCc3cc(F)ccc3C2Cc2cccnc2)C1. The first-order chi connectivity index (χ1) is 16.7. The monoisotopic (exact) mass is 482 g/mol. The number of ether oxygens (including phenoxy) is 1. The summed E-state index contributed by atoms with van der Waals surface area (Å²) in [6, 6.07) is 8.84. The van der Waals surface area contributed by atoms with Crippen molar-refractivity contribution in [2.24, 2.45) is 0 Å². The molecule has 0 saturated carbocycles. The number of amides is 2. The molecular weight excluding hydrogens is 447 g/mol. The molecule has 4 rings (SSSR count). The van der Waals surface area contributed by atoms with Crippen LogP contribution < -0.4 is 10.6 Å². The molecule has 2 aliphatic rings. The van der Waals surface area contributed by atoms with E-state index in [2.05, 4.69) is 20.5 Å². The number of fused-ring (bicyclic) bond motifs is 1. The fourth-order valence-electron chi connectivity index (χ4n) is 5.10. The number of carbonyl (C=O) groups is 2. The minimum atomic E-state index is -0.543. The van der Waals surface area contributed by atoms with Crippen LogP contribution in [0.1, 0.15) is 56.2 Å². The topological polar surface area (TPSA) is 83.6 Å². The molecular formula is C27H35FN4O3. The Morgan fingerprint density at radius 2 is 2.03 bits per heavy atom. The number of pyridine rings is 1. The number of likely N-dealkylation sites (tertiary alicyclic amines) is 1. The van der Waals surface area contributed by atoms with Gasteiger partial charge in [0, 0.05) is 43.5 Å². The standard InChI is InChI=1S/C27H35FN4O3/c1-27(2,3)35-26(34)30-21-10-12-32(16-21)17-25(33)31-24-9-6-19-14-20(28)7-8-22(19)23(24)13-18-5-4-11-29-15-18/h4-5,7-8,11,14-15,21,23-24H,6,9-10,12-13,16-17H2,1-3H3,(H,30,34)(H,31,33)/t21-,23?,24?/m0/s1. The zero-order chi connectivity index (χ0) is 25.0. The lowest BCUT2D eigenvalue weighted by atomic mass is 9.76. The van der Waals surface area contributed by atoms with Crippen molar-refractivity contribution in [2.45, 2.75) is 70.1 Å². The molecule has 1 aliphatic carbocycles. The van der Waals surface area contributed by atoms with Crippen LogP contribution in [-0.2, 0) is 22.4 Å². The summed E-state index contributed by atoms with van der Waals surface area (Å²) >= 11 is 0. The summed E-state index contributed by atoms with van der Waals surface area (Å²) in [4.78, 5) is 31.3. The Bertz CT molecular complexity index is 1040. The van der Waals surface area contributed by atoms with Gasteiger partial charge in [-0.1, -0.05) is 12.1 Å². The highest BCUT2D eigenvalue weighted by molar-refractivity contribution is 5.78. The number of hydrogen-bond acceptors (Lipinski definition) is 5.